The van der Waals surface area contributed by atoms with E-state index in [1.165, 1.54) is 6.26 Å². The van der Waals surface area contributed by atoms with Gasteiger partial charge in [-0.25, -0.2) is 4.98 Å². The van der Waals surface area contributed by atoms with Gasteiger partial charge in [0, 0.05) is 22.6 Å². The van der Waals surface area contributed by atoms with Crippen molar-refractivity contribution in [1.29, 1.82) is 0 Å². The van der Waals surface area contributed by atoms with Gasteiger partial charge in [-0.15, -0.1) is 0 Å². The highest BCUT2D eigenvalue weighted by molar-refractivity contribution is 6.10. The van der Waals surface area contributed by atoms with Crippen molar-refractivity contribution < 1.29 is 14.0 Å². The highest BCUT2D eigenvalue weighted by atomic mass is 16.3. The van der Waals surface area contributed by atoms with Crippen LogP contribution in [0.2, 0.25) is 0 Å². The number of fused-ring (bicyclic) bond motifs is 1. The van der Waals surface area contributed by atoms with E-state index in [4.69, 9.17) is 10.2 Å². The molecule has 0 saturated heterocycles. The molecule has 100 valence electrons. The molecule has 0 aliphatic heterocycles. The third kappa shape index (κ3) is 2.36. The summed E-state index contributed by atoms with van der Waals surface area (Å²) in [4.78, 5) is 28.1. The molecule has 0 aromatic carbocycles. The fourth-order valence-electron chi connectivity index (χ4n) is 1.97. The third-order valence-corrected chi connectivity index (χ3v) is 2.98. The maximum atomic E-state index is 12.4. The number of primary amides is 1. The van der Waals surface area contributed by atoms with Gasteiger partial charge in [-0.2, -0.15) is 0 Å². The van der Waals surface area contributed by atoms with Crippen LogP contribution in [-0.2, 0) is 9.59 Å². The molecule has 0 spiro atoms. The maximum absolute atomic E-state index is 12.4. The molecular weight excluding hydrogens is 244 g/mol. The Balaban J connectivity index is 2.57. The van der Waals surface area contributed by atoms with E-state index < -0.39 is 17.2 Å². The van der Waals surface area contributed by atoms with Crippen LogP contribution in [0.3, 0.4) is 0 Å². The number of furan rings is 1. The molecule has 2 aromatic rings. The average molecular weight is 260 g/mol. The first-order valence-electron chi connectivity index (χ1n) is 5.98. The standard InChI is InChI=1S/C14H16N2O3/c1-14(2,3)11(17)10(12(15)18)9-7-19-13-8(9)5-4-6-16-13/h4-7,10H,1-3H3,(H2,15,18). The first-order valence-corrected chi connectivity index (χ1v) is 5.98. The predicted octanol–water partition coefficient (Wildman–Crippen LogP) is 2.01. The highest BCUT2D eigenvalue weighted by Gasteiger charge is 2.36. The fraction of sp³-hybridized carbons (Fsp3) is 0.357. The molecule has 5 heteroatoms. The Kier molecular flexibility index (Phi) is 3.14. The van der Waals surface area contributed by atoms with Crippen LogP contribution in [0.4, 0.5) is 0 Å². The number of nitrogens with zero attached hydrogens (tertiary/aromatic N) is 1. The van der Waals surface area contributed by atoms with Crippen molar-refractivity contribution >= 4 is 22.8 Å². The van der Waals surface area contributed by atoms with E-state index in [-0.39, 0.29) is 5.78 Å². The SMILES string of the molecule is CC(C)(C)C(=O)C(C(N)=O)c1coc2ncccc12. The van der Waals surface area contributed by atoms with Crippen molar-refractivity contribution in [3.8, 4) is 0 Å². The maximum Gasteiger partial charge on any atom is 0.232 e. The minimum absolute atomic E-state index is 0.230. The highest BCUT2D eigenvalue weighted by Crippen LogP contribution is 2.32. The minimum atomic E-state index is -1.01. The number of hydrogen-bond acceptors (Lipinski definition) is 4. The van der Waals surface area contributed by atoms with Crippen LogP contribution in [0.5, 0.6) is 0 Å². The van der Waals surface area contributed by atoms with Crippen molar-refractivity contribution in [2.45, 2.75) is 26.7 Å². The summed E-state index contributed by atoms with van der Waals surface area (Å²) in [5, 5.41) is 0.643. The lowest BCUT2D eigenvalue weighted by Crippen LogP contribution is -2.35. The second kappa shape index (κ2) is 4.50. The number of carbonyl (C=O) groups excluding carboxylic acids is 2. The number of pyridine rings is 1. The van der Waals surface area contributed by atoms with E-state index >= 15 is 0 Å². The number of amides is 1. The minimum Gasteiger partial charge on any atom is -0.446 e. The van der Waals surface area contributed by atoms with Gasteiger partial charge in [-0.3, -0.25) is 9.59 Å². The van der Waals surface area contributed by atoms with E-state index in [9.17, 15) is 9.59 Å². The molecule has 2 aromatic heterocycles. The van der Waals surface area contributed by atoms with Crippen LogP contribution < -0.4 is 5.73 Å². The molecule has 0 fully saturated rings. The Morgan fingerprint density at radius 3 is 2.63 bits per heavy atom. The number of aromatic nitrogens is 1. The lowest BCUT2D eigenvalue weighted by Gasteiger charge is -2.21. The lowest BCUT2D eigenvalue weighted by atomic mass is 9.79. The molecule has 2 N–H and O–H groups in total. The van der Waals surface area contributed by atoms with Crippen LogP contribution in [0, 0.1) is 5.41 Å². The summed E-state index contributed by atoms with van der Waals surface area (Å²) in [5.74, 6) is -1.91. The fourth-order valence-corrected chi connectivity index (χ4v) is 1.97. The van der Waals surface area contributed by atoms with Gasteiger partial charge in [-0.1, -0.05) is 20.8 Å². The average Bonchev–Trinajstić information content (AvgIpc) is 2.72. The third-order valence-electron chi connectivity index (χ3n) is 2.98. The normalized spacial score (nSPS) is 13.4. The zero-order chi connectivity index (χ0) is 14.2. The molecule has 1 amide bonds. The zero-order valence-corrected chi connectivity index (χ0v) is 11.1. The number of rotatable bonds is 3. The molecule has 0 saturated carbocycles. The summed E-state index contributed by atoms with van der Waals surface area (Å²) in [6.07, 6.45) is 2.97. The zero-order valence-electron chi connectivity index (χ0n) is 11.1. The van der Waals surface area contributed by atoms with Gasteiger partial charge in [0.15, 0.2) is 5.78 Å². The van der Waals surface area contributed by atoms with Crippen molar-refractivity contribution in [3.05, 3.63) is 30.2 Å². The predicted molar refractivity (Wildman–Crippen MR) is 70.4 cm³/mol. The Labute approximate surface area is 110 Å². The van der Waals surface area contributed by atoms with E-state index in [2.05, 4.69) is 4.98 Å². The number of nitrogens with two attached hydrogens (primary N) is 1. The Bertz CT molecular complexity index is 637. The van der Waals surface area contributed by atoms with Crippen LogP contribution in [0.15, 0.2) is 29.0 Å². The Hall–Kier alpha value is -2.17. The number of ketones is 1. The van der Waals surface area contributed by atoms with Crippen molar-refractivity contribution in [2.24, 2.45) is 11.1 Å². The second-order valence-corrected chi connectivity index (χ2v) is 5.50. The summed E-state index contributed by atoms with van der Waals surface area (Å²) >= 11 is 0. The number of Topliss-reactive ketones (excluding diaryl/α,β-unsaturated/α-hetero) is 1. The molecule has 0 radical (unpaired) electrons. The smallest absolute Gasteiger partial charge is 0.232 e. The summed E-state index contributed by atoms with van der Waals surface area (Å²) in [5.41, 5.74) is 5.61. The second-order valence-electron chi connectivity index (χ2n) is 5.50. The van der Waals surface area contributed by atoms with E-state index in [1.54, 1.807) is 39.1 Å². The van der Waals surface area contributed by atoms with E-state index in [0.29, 0.717) is 16.7 Å². The summed E-state index contributed by atoms with van der Waals surface area (Å²) in [6, 6.07) is 3.48. The van der Waals surface area contributed by atoms with Gasteiger partial charge < -0.3 is 10.2 Å². The number of hydrogen-bond donors (Lipinski definition) is 1. The molecule has 5 nitrogen and oxygen atoms in total. The topological polar surface area (TPSA) is 86.2 Å². The summed E-state index contributed by atoms with van der Waals surface area (Å²) < 4.78 is 5.27. The molecule has 2 heterocycles. The van der Waals surface area contributed by atoms with Crippen molar-refractivity contribution in [2.75, 3.05) is 0 Å². The summed E-state index contributed by atoms with van der Waals surface area (Å²) in [6.45, 7) is 5.27. The summed E-state index contributed by atoms with van der Waals surface area (Å²) in [7, 11) is 0. The van der Waals surface area contributed by atoms with Crippen LogP contribution in [0.1, 0.15) is 32.3 Å². The van der Waals surface area contributed by atoms with Gasteiger partial charge >= 0.3 is 0 Å². The van der Waals surface area contributed by atoms with Gasteiger partial charge in [0.05, 0.1) is 6.26 Å². The molecular formula is C14H16N2O3. The monoisotopic (exact) mass is 260 g/mol. The van der Waals surface area contributed by atoms with Gasteiger partial charge in [0.2, 0.25) is 11.6 Å². The van der Waals surface area contributed by atoms with Crippen molar-refractivity contribution in [1.82, 2.24) is 4.98 Å². The van der Waals surface area contributed by atoms with Gasteiger partial charge in [0.25, 0.3) is 0 Å². The first-order chi connectivity index (χ1) is 8.82. The lowest BCUT2D eigenvalue weighted by molar-refractivity contribution is -0.133. The van der Waals surface area contributed by atoms with Gasteiger partial charge in [0.1, 0.15) is 5.92 Å². The molecule has 1 atom stereocenters. The van der Waals surface area contributed by atoms with Gasteiger partial charge in [-0.05, 0) is 12.1 Å². The Morgan fingerprint density at radius 1 is 1.37 bits per heavy atom. The van der Waals surface area contributed by atoms with Crippen LogP contribution in [0.25, 0.3) is 11.1 Å². The van der Waals surface area contributed by atoms with Crippen LogP contribution >= 0.6 is 0 Å². The molecule has 2 rings (SSSR count). The molecule has 19 heavy (non-hydrogen) atoms. The Morgan fingerprint density at radius 2 is 2.05 bits per heavy atom. The largest absolute Gasteiger partial charge is 0.446 e. The first kappa shape index (κ1) is 13.3. The van der Waals surface area contributed by atoms with E-state index in [0.717, 1.165) is 0 Å². The van der Waals surface area contributed by atoms with E-state index in [1.807, 2.05) is 0 Å². The van der Waals surface area contributed by atoms with Crippen molar-refractivity contribution in [3.63, 3.8) is 0 Å². The number of carbonyl (C=O) groups is 2. The molecule has 1 unspecified atom stereocenters. The molecule has 0 aliphatic rings. The quantitative estimate of drug-likeness (QED) is 0.855. The molecule has 0 bridgehead atoms. The van der Waals surface area contributed by atoms with Crippen LogP contribution in [-0.4, -0.2) is 16.7 Å². The molecule has 0 aliphatic carbocycles.